The number of para-hydroxylation sites is 1. The number of ketones is 1. The zero-order valence-electron chi connectivity index (χ0n) is 18.6. The van der Waals surface area contributed by atoms with Crippen LogP contribution in [0.1, 0.15) is 36.3 Å². The third-order valence-corrected chi connectivity index (χ3v) is 7.14. The summed E-state index contributed by atoms with van der Waals surface area (Å²) < 4.78 is 11.0. The van der Waals surface area contributed by atoms with Crippen molar-refractivity contribution in [3.8, 4) is 17.6 Å². The van der Waals surface area contributed by atoms with Crippen molar-refractivity contribution >= 4 is 5.78 Å². The Hall–Kier alpha value is -2.88. The second kappa shape index (κ2) is 9.32. The summed E-state index contributed by atoms with van der Waals surface area (Å²) in [6.45, 7) is 1.36. The first-order chi connectivity index (χ1) is 15.5. The van der Waals surface area contributed by atoms with Gasteiger partial charge in [-0.3, -0.25) is 4.79 Å². The molecule has 0 amide bonds. The molecule has 4 rings (SSSR count). The van der Waals surface area contributed by atoms with E-state index in [9.17, 15) is 15.2 Å². The van der Waals surface area contributed by atoms with Crippen LogP contribution in [0.3, 0.4) is 0 Å². The summed E-state index contributed by atoms with van der Waals surface area (Å²) in [5, 5.41) is 24.7. The number of hydrogen-bond acceptors (Lipinski definition) is 6. The molecule has 0 aromatic heterocycles. The first kappa shape index (κ1) is 22.3. The molecule has 5 atom stereocenters. The van der Waals surface area contributed by atoms with Crippen molar-refractivity contribution in [2.75, 3.05) is 27.3 Å². The molecular weight excluding hydrogens is 404 g/mol. The third kappa shape index (κ3) is 3.99. The number of nitrogens with one attached hydrogen (secondary N) is 1. The number of hydrogen-bond donors (Lipinski definition) is 2. The Morgan fingerprint density at radius 3 is 2.78 bits per heavy atom. The van der Waals surface area contributed by atoms with E-state index in [1.165, 1.54) is 0 Å². The Kier molecular flexibility index (Phi) is 6.50. The highest BCUT2D eigenvalue weighted by molar-refractivity contribution is 5.97. The Balaban J connectivity index is 1.83. The summed E-state index contributed by atoms with van der Waals surface area (Å²) in [5.74, 6) is 0.299. The highest BCUT2D eigenvalue weighted by atomic mass is 16.5. The van der Waals surface area contributed by atoms with Crippen molar-refractivity contribution < 1.29 is 19.4 Å². The fourth-order valence-corrected chi connectivity index (χ4v) is 5.66. The minimum Gasteiger partial charge on any atom is -0.497 e. The molecule has 0 bridgehead atoms. The highest BCUT2D eigenvalue weighted by Crippen LogP contribution is 2.48. The Bertz CT molecular complexity index is 1020. The maximum Gasteiger partial charge on any atom is 0.176 e. The van der Waals surface area contributed by atoms with Crippen LogP contribution in [0, 0.1) is 29.1 Å². The summed E-state index contributed by atoms with van der Waals surface area (Å²) in [6, 6.07) is 17.1. The fourth-order valence-electron chi connectivity index (χ4n) is 5.66. The highest BCUT2D eigenvalue weighted by Gasteiger charge is 2.55. The van der Waals surface area contributed by atoms with Crippen molar-refractivity contribution in [3.63, 3.8) is 0 Å². The van der Waals surface area contributed by atoms with Crippen molar-refractivity contribution in [1.29, 1.82) is 5.26 Å². The molecule has 1 unspecified atom stereocenters. The van der Waals surface area contributed by atoms with Gasteiger partial charge in [0, 0.05) is 24.4 Å². The number of nitrogens with zero attached hydrogens (tertiary/aromatic N) is 1. The lowest BCUT2D eigenvalue weighted by molar-refractivity contribution is -0.153. The zero-order valence-corrected chi connectivity index (χ0v) is 18.6. The quantitative estimate of drug-likeness (QED) is 0.695. The largest absolute Gasteiger partial charge is 0.497 e. The smallest absolute Gasteiger partial charge is 0.176 e. The molecule has 0 radical (unpaired) electrons. The molecule has 1 heterocycles. The standard InChI is InChI=1S/C26H30N2O4/c1-31-20-7-5-6-18(13-20)24(21-8-3-4-9-23(21)32-2)25(29)26(30)14-17(10-11-27)12-19-15-28-16-22(19)26/h3-9,13,17,19,22,24,28,30H,10,12,14-16H2,1-2H3/t17-,19+,22-,24?,26+/m1/s1. The number of methoxy groups -OCH3 is 2. The maximum atomic E-state index is 14.3. The van der Waals surface area contributed by atoms with E-state index in [0.29, 0.717) is 36.4 Å². The molecule has 168 valence electrons. The number of benzene rings is 2. The van der Waals surface area contributed by atoms with Gasteiger partial charge in [-0.15, -0.1) is 0 Å². The van der Waals surface area contributed by atoms with Gasteiger partial charge in [0.2, 0.25) is 0 Å². The van der Waals surface area contributed by atoms with Gasteiger partial charge in [0.25, 0.3) is 0 Å². The number of fused-ring (bicyclic) bond motifs is 1. The molecule has 2 N–H and O–H groups in total. The lowest BCUT2D eigenvalue weighted by Crippen LogP contribution is -2.55. The van der Waals surface area contributed by atoms with Gasteiger partial charge >= 0.3 is 0 Å². The molecule has 1 aliphatic carbocycles. The molecule has 2 aliphatic rings. The van der Waals surface area contributed by atoms with Crippen LogP contribution in [0.25, 0.3) is 0 Å². The van der Waals surface area contributed by atoms with Gasteiger partial charge in [0.05, 0.1) is 26.2 Å². The number of nitriles is 1. The first-order valence-corrected chi connectivity index (χ1v) is 11.1. The van der Waals surface area contributed by atoms with Crippen molar-refractivity contribution in [1.82, 2.24) is 5.32 Å². The Morgan fingerprint density at radius 2 is 2.03 bits per heavy atom. The van der Waals surface area contributed by atoms with E-state index in [0.717, 1.165) is 18.5 Å². The maximum absolute atomic E-state index is 14.3. The van der Waals surface area contributed by atoms with Crippen LogP contribution in [0.4, 0.5) is 0 Å². The lowest BCUT2D eigenvalue weighted by Gasteiger charge is -2.44. The fraction of sp³-hybridized carbons (Fsp3) is 0.462. The summed E-state index contributed by atoms with van der Waals surface area (Å²) in [7, 11) is 3.18. The summed E-state index contributed by atoms with van der Waals surface area (Å²) in [4.78, 5) is 14.3. The van der Waals surface area contributed by atoms with E-state index in [1.807, 2.05) is 48.5 Å². The number of aliphatic hydroxyl groups is 1. The van der Waals surface area contributed by atoms with Crippen molar-refractivity contribution in [2.45, 2.75) is 30.8 Å². The first-order valence-electron chi connectivity index (χ1n) is 11.1. The Morgan fingerprint density at radius 1 is 1.22 bits per heavy atom. The minimum atomic E-state index is -1.53. The van der Waals surface area contributed by atoms with E-state index >= 15 is 0 Å². The van der Waals surface area contributed by atoms with Gasteiger partial charge in [-0.1, -0.05) is 30.3 Å². The van der Waals surface area contributed by atoms with Gasteiger partial charge in [-0.05, 0) is 55.0 Å². The lowest BCUT2D eigenvalue weighted by atomic mass is 9.61. The van der Waals surface area contributed by atoms with Gasteiger partial charge in [0.1, 0.15) is 17.1 Å². The molecule has 1 aliphatic heterocycles. The van der Waals surface area contributed by atoms with Crippen molar-refractivity contribution in [3.05, 3.63) is 59.7 Å². The van der Waals surface area contributed by atoms with E-state index in [2.05, 4.69) is 11.4 Å². The van der Waals surface area contributed by atoms with Crippen LogP contribution >= 0.6 is 0 Å². The zero-order chi connectivity index (χ0) is 22.7. The van der Waals surface area contributed by atoms with Crippen LogP contribution in [0.2, 0.25) is 0 Å². The molecule has 0 spiro atoms. The van der Waals surface area contributed by atoms with Gasteiger partial charge < -0.3 is 19.9 Å². The van der Waals surface area contributed by atoms with Gasteiger partial charge in [-0.25, -0.2) is 0 Å². The molecule has 6 nitrogen and oxygen atoms in total. The summed E-state index contributed by atoms with van der Waals surface area (Å²) in [6.07, 6.45) is 1.51. The normalized spacial score (nSPS) is 27.8. The second-order valence-electron chi connectivity index (χ2n) is 8.93. The third-order valence-electron chi connectivity index (χ3n) is 7.14. The number of ether oxygens (including phenoxy) is 2. The van der Waals surface area contributed by atoms with Crippen LogP contribution in [0.15, 0.2) is 48.5 Å². The second-order valence-corrected chi connectivity index (χ2v) is 8.93. The molecule has 2 aromatic carbocycles. The van der Waals surface area contributed by atoms with Crippen LogP contribution in [0.5, 0.6) is 11.5 Å². The molecule has 2 fully saturated rings. The summed E-state index contributed by atoms with van der Waals surface area (Å²) >= 11 is 0. The predicted molar refractivity (Wildman–Crippen MR) is 121 cm³/mol. The van der Waals surface area contributed by atoms with Crippen LogP contribution in [-0.2, 0) is 4.79 Å². The van der Waals surface area contributed by atoms with Gasteiger partial charge in [0.15, 0.2) is 5.78 Å². The SMILES string of the molecule is COc1cccc(C(C(=O)[C@]2(O)C[C@H](CC#N)C[C@H]3CNC[C@H]32)c2ccccc2OC)c1. The topological polar surface area (TPSA) is 91.6 Å². The monoisotopic (exact) mass is 434 g/mol. The molecule has 32 heavy (non-hydrogen) atoms. The molecular formula is C26H30N2O4. The molecule has 6 heteroatoms. The average molecular weight is 435 g/mol. The van der Waals surface area contributed by atoms with Crippen LogP contribution < -0.4 is 14.8 Å². The van der Waals surface area contributed by atoms with E-state index < -0.39 is 11.5 Å². The Labute approximate surface area is 189 Å². The molecule has 2 aromatic rings. The van der Waals surface area contributed by atoms with E-state index in [-0.39, 0.29) is 23.5 Å². The van der Waals surface area contributed by atoms with E-state index in [4.69, 9.17) is 9.47 Å². The minimum absolute atomic E-state index is 0.00118. The molecule has 1 saturated carbocycles. The van der Waals surface area contributed by atoms with E-state index in [1.54, 1.807) is 14.2 Å². The number of rotatable bonds is 7. The summed E-state index contributed by atoms with van der Waals surface area (Å²) in [5.41, 5.74) is -0.0634. The van der Waals surface area contributed by atoms with Gasteiger partial charge in [-0.2, -0.15) is 5.26 Å². The number of carbonyl (C=O) groups is 1. The van der Waals surface area contributed by atoms with Crippen molar-refractivity contribution in [2.24, 2.45) is 17.8 Å². The number of carbonyl (C=O) groups excluding carboxylic acids is 1. The number of Topliss-reactive ketones (excluding diaryl/α,β-unsaturated/α-hetero) is 1. The average Bonchev–Trinajstić information content (AvgIpc) is 3.29. The van der Waals surface area contributed by atoms with Crippen LogP contribution in [-0.4, -0.2) is 43.8 Å². The molecule has 1 saturated heterocycles. The predicted octanol–water partition coefficient (Wildman–Crippen LogP) is 3.30.